The number of rotatable bonds is 4. The molecule has 0 aliphatic carbocycles. The largest absolute Gasteiger partial charge is 0.497 e. The number of hydrogen-bond donors (Lipinski definition) is 1. The first kappa shape index (κ1) is 15.7. The maximum atomic E-state index is 5.41. The summed E-state index contributed by atoms with van der Waals surface area (Å²) in [5, 5.41) is 19.6. The van der Waals surface area contributed by atoms with E-state index in [-0.39, 0.29) is 0 Å². The molecule has 0 saturated carbocycles. The zero-order valence-corrected chi connectivity index (χ0v) is 14.6. The predicted octanol–water partition coefficient (Wildman–Crippen LogP) is 0.823. The van der Waals surface area contributed by atoms with Gasteiger partial charge in [0.2, 0.25) is 0 Å². The van der Waals surface area contributed by atoms with E-state index in [4.69, 9.17) is 9.84 Å². The lowest BCUT2D eigenvalue weighted by molar-refractivity contribution is 0.414. The van der Waals surface area contributed by atoms with Crippen LogP contribution in [0.3, 0.4) is 0 Å². The second-order valence-corrected chi connectivity index (χ2v) is 6.15. The van der Waals surface area contributed by atoms with E-state index in [9.17, 15) is 0 Å². The molecule has 136 valence electrons. The maximum absolute atomic E-state index is 5.41. The number of nitrogens with zero attached hydrogens (tertiary/aromatic N) is 8. The van der Waals surface area contributed by atoms with Crippen LogP contribution in [0.1, 0.15) is 5.69 Å². The number of methoxy groups -OCH3 is 1. The van der Waals surface area contributed by atoms with Gasteiger partial charge < -0.3 is 10.1 Å². The summed E-state index contributed by atoms with van der Waals surface area (Å²) < 4.78 is 11.0. The SMILES string of the molecule is COc1ccc(-n2cnnn2)c(-n2ccnc2-c2cc3n(n2)CCNC3)c1. The van der Waals surface area contributed by atoms with Crippen LogP contribution in [0.5, 0.6) is 5.75 Å². The quantitative estimate of drug-likeness (QED) is 0.573. The number of aromatic nitrogens is 8. The maximum Gasteiger partial charge on any atom is 0.165 e. The van der Waals surface area contributed by atoms with Crippen LogP contribution in [-0.4, -0.2) is 53.2 Å². The molecule has 0 atom stereocenters. The highest BCUT2D eigenvalue weighted by molar-refractivity contribution is 5.62. The molecule has 0 radical (unpaired) electrons. The van der Waals surface area contributed by atoms with Crippen LogP contribution in [0, 0.1) is 0 Å². The summed E-state index contributed by atoms with van der Waals surface area (Å²) in [5.41, 5.74) is 3.63. The third-order valence-corrected chi connectivity index (χ3v) is 4.58. The summed E-state index contributed by atoms with van der Waals surface area (Å²) in [7, 11) is 1.64. The van der Waals surface area contributed by atoms with Gasteiger partial charge >= 0.3 is 0 Å². The Morgan fingerprint density at radius 1 is 1.19 bits per heavy atom. The molecule has 1 aromatic carbocycles. The minimum absolute atomic E-state index is 0.731. The first-order valence-electron chi connectivity index (χ1n) is 8.56. The van der Waals surface area contributed by atoms with Crippen molar-refractivity contribution in [1.82, 2.24) is 44.9 Å². The van der Waals surface area contributed by atoms with E-state index in [1.807, 2.05) is 33.6 Å². The smallest absolute Gasteiger partial charge is 0.165 e. The van der Waals surface area contributed by atoms with Crippen molar-refractivity contribution in [3.05, 3.63) is 48.7 Å². The van der Waals surface area contributed by atoms with Gasteiger partial charge in [0.05, 0.1) is 30.7 Å². The highest BCUT2D eigenvalue weighted by atomic mass is 16.5. The first-order valence-corrected chi connectivity index (χ1v) is 8.56. The molecule has 3 aromatic heterocycles. The van der Waals surface area contributed by atoms with Crippen molar-refractivity contribution < 1.29 is 4.74 Å². The molecule has 10 heteroatoms. The van der Waals surface area contributed by atoms with E-state index in [0.717, 1.165) is 54.0 Å². The molecule has 0 unspecified atom stereocenters. The van der Waals surface area contributed by atoms with Crippen molar-refractivity contribution in [2.45, 2.75) is 13.1 Å². The Kier molecular flexibility index (Phi) is 3.68. The zero-order chi connectivity index (χ0) is 18.2. The lowest BCUT2D eigenvalue weighted by atomic mass is 10.2. The lowest BCUT2D eigenvalue weighted by Gasteiger charge is -2.14. The summed E-state index contributed by atoms with van der Waals surface area (Å²) in [5.74, 6) is 1.48. The molecule has 0 amide bonds. The third kappa shape index (κ3) is 2.66. The van der Waals surface area contributed by atoms with Crippen molar-refractivity contribution in [3.8, 4) is 28.6 Å². The molecule has 1 N–H and O–H groups in total. The summed E-state index contributed by atoms with van der Waals surface area (Å²) in [6.45, 7) is 2.58. The van der Waals surface area contributed by atoms with Crippen molar-refractivity contribution in [1.29, 1.82) is 0 Å². The molecule has 10 nitrogen and oxygen atoms in total. The number of hydrogen-bond acceptors (Lipinski definition) is 7. The molecule has 0 spiro atoms. The van der Waals surface area contributed by atoms with Crippen LogP contribution in [0.15, 0.2) is 43.0 Å². The van der Waals surface area contributed by atoms with Gasteiger partial charge in [-0.05, 0) is 28.6 Å². The van der Waals surface area contributed by atoms with Gasteiger partial charge in [-0.3, -0.25) is 9.25 Å². The Labute approximate surface area is 154 Å². The normalized spacial score (nSPS) is 13.5. The van der Waals surface area contributed by atoms with Crippen LogP contribution >= 0.6 is 0 Å². The average Bonchev–Trinajstić information content (AvgIpc) is 3.47. The van der Waals surface area contributed by atoms with Crippen LogP contribution in [0.25, 0.3) is 22.9 Å². The Bertz CT molecular complexity index is 1060. The fourth-order valence-electron chi connectivity index (χ4n) is 3.28. The fraction of sp³-hybridized carbons (Fsp3) is 0.235. The van der Waals surface area contributed by atoms with Crippen molar-refractivity contribution in [3.63, 3.8) is 0 Å². The van der Waals surface area contributed by atoms with Gasteiger partial charge in [-0.2, -0.15) is 9.78 Å². The fourth-order valence-corrected chi connectivity index (χ4v) is 3.28. The van der Waals surface area contributed by atoms with Gasteiger partial charge in [0, 0.05) is 31.5 Å². The Balaban J connectivity index is 1.66. The van der Waals surface area contributed by atoms with E-state index < -0.39 is 0 Å². The molecule has 4 heterocycles. The second kappa shape index (κ2) is 6.32. The van der Waals surface area contributed by atoms with E-state index in [1.165, 1.54) is 0 Å². The van der Waals surface area contributed by atoms with Gasteiger partial charge in [-0.25, -0.2) is 4.98 Å². The number of imidazole rings is 1. The van der Waals surface area contributed by atoms with Crippen molar-refractivity contribution in [2.24, 2.45) is 0 Å². The molecule has 0 bridgehead atoms. The van der Waals surface area contributed by atoms with E-state index in [1.54, 1.807) is 24.3 Å². The predicted molar refractivity (Wildman–Crippen MR) is 95.8 cm³/mol. The number of fused-ring (bicyclic) bond motifs is 1. The summed E-state index contributed by atoms with van der Waals surface area (Å²) in [4.78, 5) is 4.55. The molecule has 4 aromatic rings. The summed E-state index contributed by atoms with van der Waals surface area (Å²) >= 11 is 0. The molecular formula is C17H17N9O. The minimum atomic E-state index is 0.731. The van der Waals surface area contributed by atoms with E-state index in [2.05, 4.69) is 31.9 Å². The molecule has 1 aliphatic heterocycles. The Morgan fingerprint density at radius 3 is 2.96 bits per heavy atom. The average molecular weight is 363 g/mol. The molecule has 0 fully saturated rings. The third-order valence-electron chi connectivity index (χ3n) is 4.58. The highest BCUT2D eigenvalue weighted by Crippen LogP contribution is 2.28. The van der Waals surface area contributed by atoms with Crippen LogP contribution in [0.4, 0.5) is 0 Å². The van der Waals surface area contributed by atoms with Crippen molar-refractivity contribution >= 4 is 0 Å². The highest BCUT2D eigenvalue weighted by Gasteiger charge is 2.19. The standard InChI is InChI=1S/C17H17N9O/c1-27-13-2-3-15(26-11-20-22-23-26)16(9-13)24-6-5-19-17(24)14-8-12-10-18-4-7-25(12)21-14/h2-3,5-6,8-9,11,18H,4,7,10H2,1H3. The molecule has 1 aliphatic rings. The summed E-state index contributed by atoms with van der Waals surface area (Å²) in [6.07, 6.45) is 5.21. The second-order valence-electron chi connectivity index (χ2n) is 6.15. The number of nitrogens with one attached hydrogen (secondary N) is 1. The van der Waals surface area contributed by atoms with Gasteiger partial charge in [-0.15, -0.1) is 5.10 Å². The van der Waals surface area contributed by atoms with Crippen molar-refractivity contribution in [2.75, 3.05) is 13.7 Å². The number of benzene rings is 1. The molecular weight excluding hydrogens is 346 g/mol. The molecule has 5 rings (SSSR count). The number of ether oxygens (including phenoxy) is 1. The minimum Gasteiger partial charge on any atom is -0.497 e. The van der Waals surface area contributed by atoms with Crippen LogP contribution in [0.2, 0.25) is 0 Å². The van der Waals surface area contributed by atoms with Gasteiger partial charge in [-0.1, -0.05) is 0 Å². The monoisotopic (exact) mass is 363 g/mol. The summed E-state index contributed by atoms with van der Waals surface area (Å²) in [6, 6.07) is 7.79. The van der Waals surface area contributed by atoms with E-state index >= 15 is 0 Å². The first-order chi connectivity index (χ1) is 13.3. The van der Waals surface area contributed by atoms with Gasteiger partial charge in [0.1, 0.15) is 17.8 Å². The number of tetrazole rings is 1. The lowest BCUT2D eigenvalue weighted by Crippen LogP contribution is -2.28. The van der Waals surface area contributed by atoms with E-state index in [0.29, 0.717) is 0 Å². The van der Waals surface area contributed by atoms with Crippen LogP contribution < -0.4 is 10.1 Å². The topological polar surface area (TPSA) is 101 Å². The molecule has 0 saturated heterocycles. The Morgan fingerprint density at radius 2 is 2.15 bits per heavy atom. The zero-order valence-electron chi connectivity index (χ0n) is 14.6. The Hall–Kier alpha value is -3.53. The molecule has 27 heavy (non-hydrogen) atoms. The van der Waals surface area contributed by atoms with Gasteiger partial charge in [0.25, 0.3) is 0 Å². The van der Waals surface area contributed by atoms with Crippen LogP contribution in [-0.2, 0) is 13.1 Å². The van der Waals surface area contributed by atoms with Gasteiger partial charge in [0.15, 0.2) is 5.82 Å².